The van der Waals surface area contributed by atoms with Crippen molar-refractivity contribution in [2.75, 3.05) is 7.05 Å². The Labute approximate surface area is 140 Å². The molecule has 0 aliphatic carbocycles. The van der Waals surface area contributed by atoms with Crippen LogP contribution in [0.15, 0.2) is 65.7 Å². The van der Waals surface area contributed by atoms with E-state index in [0.717, 1.165) is 35.6 Å². The van der Waals surface area contributed by atoms with Crippen LogP contribution in [-0.2, 0) is 13.1 Å². The number of aromatic nitrogens is 3. The second-order valence-corrected chi connectivity index (χ2v) is 5.88. The van der Waals surface area contributed by atoms with Gasteiger partial charge in [-0.05, 0) is 49.0 Å². The summed E-state index contributed by atoms with van der Waals surface area (Å²) >= 11 is 0. The van der Waals surface area contributed by atoms with Crippen LogP contribution in [0.25, 0.3) is 22.5 Å². The van der Waals surface area contributed by atoms with E-state index in [-0.39, 0.29) is 0 Å². The Morgan fingerprint density at radius 2 is 1.92 bits per heavy atom. The lowest BCUT2D eigenvalue weighted by atomic mass is 10.1. The zero-order valence-corrected chi connectivity index (χ0v) is 13.4. The lowest BCUT2D eigenvalue weighted by molar-refractivity contribution is 0.320. The number of nitrogens with one attached hydrogen (secondary N) is 1. The molecule has 0 spiro atoms. The minimum atomic E-state index is 0.796. The van der Waals surface area contributed by atoms with E-state index in [1.165, 1.54) is 11.1 Å². The van der Waals surface area contributed by atoms with Crippen molar-refractivity contribution in [2.24, 2.45) is 0 Å². The topological polar surface area (TPSA) is 58.0 Å². The molecule has 120 valence electrons. The third-order valence-electron chi connectivity index (χ3n) is 4.08. The van der Waals surface area contributed by atoms with E-state index in [1.807, 2.05) is 42.7 Å². The maximum Gasteiger partial charge on any atom is 0.150 e. The second-order valence-electron chi connectivity index (χ2n) is 5.88. The van der Waals surface area contributed by atoms with Crippen LogP contribution >= 0.6 is 0 Å². The molecule has 0 unspecified atom stereocenters. The highest BCUT2D eigenvalue weighted by atomic mass is 16.3. The molecule has 0 radical (unpaired) electrons. The summed E-state index contributed by atoms with van der Waals surface area (Å²) in [6.07, 6.45) is 7.15. The van der Waals surface area contributed by atoms with Crippen molar-refractivity contribution in [3.05, 3.63) is 72.4 Å². The van der Waals surface area contributed by atoms with Crippen LogP contribution in [0.3, 0.4) is 0 Å². The summed E-state index contributed by atoms with van der Waals surface area (Å²) in [6, 6.07) is 12.0. The average molecular weight is 318 g/mol. The summed E-state index contributed by atoms with van der Waals surface area (Å²) in [5.41, 5.74) is 4.32. The monoisotopic (exact) mass is 318 g/mol. The first-order chi connectivity index (χ1) is 11.8. The minimum Gasteiger partial charge on any atom is -0.463 e. The summed E-state index contributed by atoms with van der Waals surface area (Å²) < 4.78 is 5.60. The fourth-order valence-electron chi connectivity index (χ4n) is 3.00. The number of furan rings is 1. The molecule has 0 atom stereocenters. The van der Waals surface area contributed by atoms with Gasteiger partial charge in [0.1, 0.15) is 11.4 Å². The van der Waals surface area contributed by atoms with Crippen LogP contribution in [0.4, 0.5) is 0 Å². The number of rotatable bonds is 5. The number of aromatic amines is 1. The van der Waals surface area contributed by atoms with Crippen LogP contribution < -0.4 is 0 Å². The van der Waals surface area contributed by atoms with Crippen LogP contribution in [0.1, 0.15) is 11.1 Å². The van der Waals surface area contributed by atoms with Crippen LogP contribution in [0.2, 0.25) is 0 Å². The van der Waals surface area contributed by atoms with Crippen molar-refractivity contribution in [3.8, 4) is 11.5 Å². The van der Waals surface area contributed by atoms with E-state index in [2.05, 4.69) is 33.0 Å². The predicted octanol–water partition coefficient (Wildman–Crippen LogP) is 3.85. The van der Waals surface area contributed by atoms with Gasteiger partial charge in [-0.25, -0.2) is 4.98 Å². The van der Waals surface area contributed by atoms with E-state index >= 15 is 0 Å². The van der Waals surface area contributed by atoms with Crippen LogP contribution in [0.5, 0.6) is 0 Å². The number of pyridine rings is 2. The van der Waals surface area contributed by atoms with E-state index < -0.39 is 0 Å². The Morgan fingerprint density at radius 1 is 1.04 bits per heavy atom. The number of H-pyrrole nitrogens is 1. The number of nitrogens with zero attached hydrogens (tertiary/aromatic N) is 3. The van der Waals surface area contributed by atoms with Gasteiger partial charge in [0, 0.05) is 42.6 Å². The third-order valence-corrected chi connectivity index (χ3v) is 4.08. The molecule has 0 saturated carbocycles. The SMILES string of the molecule is CN(Cc1ccncc1)Cc1c(-c2ccco2)[nH]c2ncccc12. The largest absolute Gasteiger partial charge is 0.463 e. The zero-order chi connectivity index (χ0) is 16.4. The summed E-state index contributed by atoms with van der Waals surface area (Å²) in [5, 5.41) is 1.13. The van der Waals surface area contributed by atoms with Gasteiger partial charge in [0.15, 0.2) is 0 Å². The first kappa shape index (κ1) is 14.7. The first-order valence-corrected chi connectivity index (χ1v) is 7.88. The molecule has 24 heavy (non-hydrogen) atoms. The van der Waals surface area contributed by atoms with Gasteiger partial charge in [0.25, 0.3) is 0 Å². The molecule has 0 aliphatic rings. The fourth-order valence-corrected chi connectivity index (χ4v) is 3.00. The first-order valence-electron chi connectivity index (χ1n) is 7.88. The maximum absolute atomic E-state index is 5.60. The highest BCUT2D eigenvalue weighted by Crippen LogP contribution is 2.30. The lowest BCUT2D eigenvalue weighted by Gasteiger charge is -2.17. The Bertz CT molecular complexity index is 929. The molecular weight excluding hydrogens is 300 g/mol. The third kappa shape index (κ3) is 2.81. The van der Waals surface area contributed by atoms with Gasteiger partial charge in [-0.1, -0.05) is 0 Å². The molecule has 4 aromatic rings. The minimum absolute atomic E-state index is 0.796. The van der Waals surface area contributed by atoms with Crippen LogP contribution in [-0.4, -0.2) is 26.9 Å². The van der Waals surface area contributed by atoms with Gasteiger partial charge in [-0.15, -0.1) is 0 Å². The molecular formula is C19H18N4O. The molecule has 0 fully saturated rings. The summed E-state index contributed by atoms with van der Waals surface area (Å²) in [4.78, 5) is 14.2. The highest BCUT2D eigenvalue weighted by molar-refractivity contribution is 5.87. The van der Waals surface area contributed by atoms with Gasteiger partial charge < -0.3 is 9.40 Å². The highest BCUT2D eigenvalue weighted by Gasteiger charge is 2.17. The molecule has 0 bridgehead atoms. The zero-order valence-electron chi connectivity index (χ0n) is 13.4. The Morgan fingerprint density at radius 3 is 2.71 bits per heavy atom. The van der Waals surface area contributed by atoms with Crippen LogP contribution in [0, 0.1) is 0 Å². The van der Waals surface area contributed by atoms with Crippen molar-refractivity contribution in [1.29, 1.82) is 0 Å². The quantitative estimate of drug-likeness (QED) is 0.607. The van der Waals surface area contributed by atoms with E-state index in [4.69, 9.17) is 4.42 Å². The summed E-state index contributed by atoms with van der Waals surface area (Å²) in [6.45, 7) is 1.65. The molecule has 5 nitrogen and oxygen atoms in total. The van der Waals surface area contributed by atoms with Crippen molar-refractivity contribution in [2.45, 2.75) is 13.1 Å². The Kier molecular flexibility index (Phi) is 3.84. The second kappa shape index (κ2) is 6.29. The summed E-state index contributed by atoms with van der Waals surface area (Å²) in [5.74, 6) is 0.834. The standard InChI is InChI=1S/C19H18N4O/c1-23(12-14-6-9-20-10-7-14)13-16-15-4-2-8-21-19(15)22-18(16)17-5-3-11-24-17/h2-11H,12-13H2,1H3,(H,21,22). The van der Waals surface area contributed by atoms with E-state index in [9.17, 15) is 0 Å². The number of hydrogen-bond donors (Lipinski definition) is 1. The van der Waals surface area contributed by atoms with Gasteiger partial charge in [-0.3, -0.25) is 9.88 Å². The van der Waals surface area contributed by atoms with E-state index in [1.54, 1.807) is 12.5 Å². The molecule has 4 heterocycles. The Balaban J connectivity index is 1.68. The van der Waals surface area contributed by atoms with Crippen molar-refractivity contribution in [1.82, 2.24) is 19.9 Å². The van der Waals surface area contributed by atoms with Crippen molar-refractivity contribution < 1.29 is 4.42 Å². The van der Waals surface area contributed by atoms with Gasteiger partial charge in [0.2, 0.25) is 0 Å². The number of hydrogen-bond acceptors (Lipinski definition) is 4. The van der Waals surface area contributed by atoms with Gasteiger partial charge in [0.05, 0.1) is 12.0 Å². The van der Waals surface area contributed by atoms with E-state index in [0.29, 0.717) is 0 Å². The molecule has 4 aromatic heterocycles. The number of fused-ring (bicyclic) bond motifs is 1. The molecule has 1 N–H and O–H groups in total. The van der Waals surface area contributed by atoms with Gasteiger partial charge in [-0.2, -0.15) is 0 Å². The summed E-state index contributed by atoms with van der Waals surface area (Å²) in [7, 11) is 2.11. The lowest BCUT2D eigenvalue weighted by Crippen LogP contribution is -2.17. The van der Waals surface area contributed by atoms with Crippen molar-refractivity contribution >= 4 is 11.0 Å². The maximum atomic E-state index is 5.60. The molecule has 5 heteroatoms. The molecule has 4 rings (SSSR count). The Hall–Kier alpha value is -2.92. The normalized spacial score (nSPS) is 11.4. The smallest absolute Gasteiger partial charge is 0.150 e. The van der Waals surface area contributed by atoms with Crippen molar-refractivity contribution in [3.63, 3.8) is 0 Å². The molecule has 0 aliphatic heterocycles. The molecule has 0 saturated heterocycles. The van der Waals surface area contributed by atoms with Gasteiger partial charge >= 0.3 is 0 Å². The predicted molar refractivity (Wildman–Crippen MR) is 93.2 cm³/mol. The average Bonchev–Trinajstić information content (AvgIpc) is 3.24. The fraction of sp³-hybridized carbons (Fsp3) is 0.158. The molecule has 0 aromatic carbocycles. The molecule has 0 amide bonds.